The molecule has 1 aliphatic carbocycles. The highest BCUT2D eigenvalue weighted by Crippen LogP contribution is 2.31. The van der Waals surface area contributed by atoms with Crippen molar-refractivity contribution in [3.8, 4) is 5.75 Å². The van der Waals surface area contributed by atoms with Crippen molar-refractivity contribution in [3.05, 3.63) is 28.2 Å². The van der Waals surface area contributed by atoms with Gasteiger partial charge >= 0.3 is 12.3 Å². The molecule has 0 heterocycles. The van der Waals surface area contributed by atoms with Crippen LogP contribution in [0.5, 0.6) is 5.75 Å². The first kappa shape index (κ1) is 17.6. The topological polar surface area (TPSA) is 75.6 Å². The average Bonchev–Trinajstić information content (AvgIpc) is 2.88. The molecule has 126 valence electrons. The lowest BCUT2D eigenvalue weighted by atomic mass is 10.1. The van der Waals surface area contributed by atoms with E-state index < -0.39 is 29.9 Å². The lowest BCUT2D eigenvalue weighted by molar-refractivity contribution is -0.274. The number of carboxylic acid groups (broad SMARTS) is 1. The van der Waals surface area contributed by atoms with Crippen LogP contribution < -0.4 is 10.1 Å². The fourth-order valence-electron chi connectivity index (χ4n) is 2.45. The van der Waals surface area contributed by atoms with Gasteiger partial charge in [-0.2, -0.15) is 0 Å². The summed E-state index contributed by atoms with van der Waals surface area (Å²) >= 11 is 2.92. The molecule has 2 rings (SSSR count). The molecule has 1 aromatic carbocycles. The van der Waals surface area contributed by atoms with E-state index in [1.807, 2.05) is 0 Å². The highest BCUT2D eigenvalue weighted by molar-refractivity contribution is 9.10. The first-order valence-corrected chi connectivity index (χ1v) is 7.54. The second kappa shape index (κ2) is 6.77. The van der Waals surface area contributed by atoms with E-state index in [9.17, 15) is 22.8 Å². The molecule has 2 N–H and O–H groups in total. The molecular formula is C14H13BrF3NO4. The van der Waals surface area contributed by atoms with Crippen LogP contribution in [0.15, 0.2) is 22.7 Å². The number of rotatable bonds is 4. The van der Waals surface area contributed by atoms with Crippen molar-refractivity contribution in [3.63, 3.8) is 0 Å². The molecule has 5 nitrogen and oxygen atoms in total. The summed E-state index contributed by atoms with van der Waals surface area (Å²) in [4.78, 5) is 23.0. The Labute approximate surface area is 137 Å². The number of carbonyl (C=O) groups excluding carboxylic acids is 1. The van der Waals surface area contributed by atoms with Gasteiger partial charge in [-0.25, -0.2) is 0 Å². The number of hydrogen-bond donors (Lipinski definition) is 2. The Morgan fingerprint density at radius 1 is 1.30 bits per heavy atom. The monoisotopic (exact) mass is 395 g/mol. The molecule has 23 heavy (non-hydrogen) atoms. The Morgan fingerprint density at radius 3 is 2.57 bits per heavy atom. The summed E-state index contributed by atoms with van der Waals surface area (Å²) in [6, 6.07) is 3.31. The molecule has 0 aliphatic heterocycles. The molecule has 1 fully saturated rings. The van der Waals surface area contributed by atoms with E-state index >= 15 is 0 Å². The molecule has 0 bridgehead atoms. The largest absolute Gasteiger partial charge is 0.573 e. The van der Waals surface area contributed by atoms with Gasteiger partial charge in [0.05, 0.1) is 10.4 Å². The van der Waals surface area contributed by atoms with Gasteiger partial charge in [-0.05, 0) is 53.4 Å². The predicted octanol–water partition coefficient (Wildman–Crippen LogP) is 3.33. The lowest BCUT2D eigenvalue weighted by Crippen LogP contribution is -2.33. The number of amides is 1. The Kier molecular flexibility index (Phi) is 5.18. The minimum Gasteiger partial charge on any atom is -0.481 e. The van der Waals surface area contributed by atoms with Gasteiger partial charge in [0.2, 0.25) is 0 Å². The van der Waals surface area contributed by atoms with Gasteiger partial charge in [-0.1, -0.05) is 0 Å². The van der Waals surface area contributed by atoms with Crippen molar-refractivity contribution in [2.24, 2.45) is 5.92 Å². The van der Waals surface area contributed by atoms with Crippen LogP contribution in [0.25, 0.3) is 0 Å². The molecule has 9 heteroatoms. The third kappa shape index (κ3) is 4.85. The zero-order chi connectivity index (χ0) is 17.2. The van der Waals surface area contributed by atoms with Crippen molar-refractivity contribution in [1.29, 1.82) is 0 Å². The molecule has 0 radical (unpaired) electrons. The maximum absolute atomic E-state index is 12.3. The fraction of sp³-hybridized carbons (Fsp3) is 0.429. The maximum Gasteiger partial charge on any atom is 0.573 e. The van der Waals surface area contributed by atoms with Crippen molar-refractivity contribution in [2.45, 2.75) is 31.7 Å². The lowest BCUT2D eigenvalue weighted by Gasteiger charge is -2.14. The molecule has 1 aromatic rings. The smallest absolute Gasteiger partial charge is 0.481 e. The quantitative estimate of drug-likeness (QED) is 0.819. The Morgan fingerprint density at radius 2 is 2.00 bits per heavy atom. The number of halogens is 4. The SMILES string of the molecule is O=C(N[C@@H]1CC[C@H](C(=O)O)C1)c1ccc(Br)c(OC(F)(F)F)c1. The van der Waals surface area contributed by atoms with Crippen LogP contribution in [0.3, 0.4) is 0 Å². The number of nitrogens with one attached hydrogen (secondary N) is 1. The third-order valence-electron chi connectivity index (χ3n) is 3.54. The summed E-state index contributed by atoms with van der Waals surface area (Å²) in [7, 11) is 0. The third-order valence-corrected chi connectivity index (χ3v) is 4.19. The summed E-state index contributed by atoms with van der Waals surface area (Å²) in [6.07, 6.45) is -3.57. The van der Waals surface area contributed by atoms with Gasteiger partial charge in [-0.15, -0.1) is 13.2 Å². The standard InChI is InChI=1S/C14H13BrF3NO4/c15-10-4-2-7(6-11(10)23-14(16,17)18)12(20)19-9-3-1-8(5-9)13(21)22/h2,4,6,8-9H,1,3,5H2,(H,19,20)(H,21,22)/t8-,9+/m0/s1. The van der Waals surface area contributed by atoms with Gasteiger partial charge in [-0.3, -0.25) is 9.59 Å². The number of alkyl halides is 3. The van der Waals surface area contributed by atoms with E-state index in [0.717, 1.165) is 6.07 Å². The second-order valence-electron chi connectivity index (χ2n) is 5.21. The van der Waals surface area contributed by atoms with Crippen LogP contribution in [0.1, 0.15) is 29.6 Å². The van der Waals surface area contributed by atoms with Crippen LogP contribution >= 0.6 is 15.9 Å². The van der Waals surface area contributed by atoms with E-state index in [1.165, 1.54) is 12.1 Å². The summed E-state index contributed by atoms with van der Waals surface area (Å²) in [6.45, 7) is 0. The molecule has 0 saturated heterocycles. The molecule has 1 saturated carbocycles. The summed E-state index contributed by atoms with van der Waals surface area (Å²) in [5.74, 6) is -2.50. The van der Waals surface area contributed by atoms with E-state index in [-0.39, 0.29) is 16.1 Å². The summed E-state index contributed by atoms with van der Waals surface area (Å²) in [5, 5.41) is 11.6. The molecule has 2 atom stereocenters. The minimum absolute atomic E-state index is 0.00576. The summed E-state index contributed by atoms with van der Waals surface area (Å²) in [5.41, 5.74) is 0.00576. The zero-order valence-corrected chi connectivity index (χ0v) is 13.3. The molecule has 1 amide bonds. The number of ether oxygens (including phenoxy) is 1. The van der Waals surface area contributed by atoms with Gasteiger partial charge < -0.3 is 15.2 Å². The minimum atomic E-state index is -4.86. The van der Waals surface area contributed by atoms with Crippen molar-refractivity contribution in [1.82, 2.24) is 5.32 Å². The average molecular weight is 396 g/mol. The van der Waals surface area contributed by atoms with Gasteiger partial charge in [0, 0.05) is 11.6 Å². The molecule has 1 aliphatic rings. The van der Waals surface area contributed by atoms with Crippen LogP contribution in [-0.2, 0) is 4.79 Å². The molecule has 0 unspecified atom stereocenters. The zero-order valence-electron chi connectivity index (χ0n) is 11.7. The normalized spacial score (nSPS) is 21.0. The molecular weight excluding hydrogens is 383 g/mol. The molecule has 0 spiro atoms. The van der Waals surface area contributed by atoms with Crippen molar-refractivity contribution in [2.75, 3.05) is 0 Å². The second-order valence-corrected chi connectivity index (χ2v) is 6.07. The van der Waals surface area contributed by atoms with E-state index in [2.05, 4.69) is 26.0 Å². The van der Waals surface area contributed by atoms with E-state index in [1.54, 1.807) is 0 Å². The predicted molar refractivity (Wildman–Crippen MR) is 77.1 cm³/mol. The number of hydrogen-bond acceptors (Lipinski definition) is 3. The number of aliphatic carboxylic acids is 1. The highest BCUT2D eigenvalue weighted by atomic mass is 79.9. The highest BCUT2D eigenvalue weighted by Gasteiger charge is 2.33. The number of carbonyl (C=O) groups is 2. The van der Waals surface area contributed by atoms with Crippen LogP contribution in [0.4, 0.5) is 13.2 Å². The Bertz CT molecular complexity index is 621. The van der Waals surface area contributed by atoms with Crippen molar-refractivity contribution < 1.29 is 32.6 Å². The fourth-order valence-corrected chi connectivity index (χ4v) is 2.78. The van der Waals surface area contributed by atoms with E-state index in [4.69, 9.17) is 5.11 Å². The summed E-state index contributed by atoms with van der Waals surface area (Å²) < 4.78 is 40.8. The van der Waals surface area contributed by atoms with Crippen molar-refractivity contribution >= 4 is 27.8 Å². The van der Waals surface area contributed by atoms with Gasteiger partial charge in [0.25, 0.3) is 5.91 Å². The number of benzene rings is 1. The Hall–Kier alpha value is -1.77. The van der Waals surface area contributed by atoms with Gasteiger partial charge in [0.15, 0.2) is 0 Å². The first-order chi connectivity index (χ1) is 10.7. The van der Waals surface area contributed by atoms with Crippen LogP contribution in [-0.4, -0.2) is 29.4 Å². The van der Waals surface area contributed by atoms with Crippen LogP contribution in [0.2, 0.25) is 0 Å². The Balaban J connectivity index is 2.05. The maximum atomic E-state index is 12.3. The van der Waals surface area contributed by atoms with E-state index in [0.29, 0.717) is 19.3 Å². The van der Waals surface area contributed by atoms with Gasteiger partial charge in [0.1, 0.15) is 5.75 Å². The first-order valence-electron chi connectivity index (χ1n) is 6.74. The number of carboxylic acids is 1. The molecule has 0 aromatic heterocycles. The van der Waals surface area contributed by atoms with Crippen LogP contribution in [0, 0.1) is 5.92 Å².